The topological polar surface area (TPSA) is 139 Å². The van der Waals surface area contributed by atoms with E-state index in [1.54, 1.807) is 24.3 Å². The molecule has 4 amide bonds. The first-order valence-electron chi connectivity index (χ1n) is 7.90. The van der Waals surface area contributed by atoms with Gasteiger partial charge in [0, 0.05) is 18.8 Å². The van der Waals surface area contributed by atoms with E-state index in [-0.39, 0.29) is 18.0 Å². The molecule has 0 fully saturated rings. The van der Waals surface area contributed by atoms with Crippen molar-refractivity contribution in [2.45, 2.75) is 4.90 Å². The first kappa shape index (κ1) is 18.5. The van der Waals surface area contributed by atoms with E-state index in [0.29, 0.717) is 16.8 Å². The van der Waals surface area contributed by atoms with Crippen LogP contribution in [0, 0.1) is 0 Å². The van der Waals surface area contributed by atoms with Crippen molar-refractivity contribution in [2.24, 2.45) is 5.14 Å². The van der Waals surface area contributed by atoms with Gasteiger partial charge in [0.2, 0.25) is 10.0 Å². The Morgan fingerprint density at radius 1 is 0.963 bits per heavy atom. The number of anilines is 1. The van der Waals surface area contributed by atoms with Gasteiger partial charge in [0.05, 0.1) is 16.0 Å². The fourth-order valence-electron chi connectivity index (χ4n) is 2.63. The minimum absolute atomic E-state index is 0.0319. The highest BCUT2D eigenvalue weighted by Gasteiger charge is 2.34. The van der Waals surface area contributed by atoms with E-state index >= 15 is 0 Å². The van der Waals surface area contributed by atoms with Gasteiger partial charge in [-0.2, -0.15) is 0 Å². The van der Waals surface area contributed by atoms with Crippen LogP contribution in [-0.2, 0) is 10.0 Å². The molecule has 1 heterocycles. The normalized spacial score (nSPS) is 13.4. The van der Waals surface area contributed by atoms with Crippen molar-refractivity contribution in [3.8, 4) is 0 Å². The smallest absolute Gasteiger partial charge is 0.319 e. The number of imide groups is 1. The van der Waals surface area contributed by atoms with Crippen LogP contribution in [0.3, 0.4) is 0 Å². The fourth-order valence-corrected chi connectivity index (χ4v) is 3.14. The van der Waals surface area contributed by atoms with E-state index in [9.17, 15) is 22.8 Å². The van der Waals surface area contributed by atoms with Crippen molar-refractivity contribution in [2.75, 3.05) is 18.4 Å². The Bertz CT molecular complexity index is 983. The third-order valence-corrected chi connectivity index (χ3v) is 4.87. The number of nitrogens with two attached hydrogens (primary N) is 1. The average Bonchev–Trinajstić information content (AvgIpc) is 2.87. The molecule has 0 spiro atoms. The lowest BCUT2D eigenvalue weighted by atomic mass is 10.1. The van der Waals surface area contributed by atoms with Crippen LogP contribution < -0.4 is 15.8 Å². The summed E-state index contributed by atoms with van der Waals surface area (Å²) < 4.78 is 22.4. The number of urea groups is 1. The first-order valence-corrected chi connectivity index (χ1v) is 9.45. The summed E-state index contributed by atoms with van der Waals surface area (Å²) in [5.41, 5.74) is 1.06. The van der Waals surface area contributed by atoms with Crippen molar-refractivity contribution in [3.05, 3.63) is 59.7 Å². The minimum atomic E-state index is -3.80. The molecule has 1 aliphatic rings. The number of sulfonamides is 1. The SMILES string of the molecule is NS(=O)(=O)c1ccc(NC(=O)NCCN2C(=O)c3ccccc3C2=O)cc1. The van der Waals surface area contributed by atoms with Crippen molar-refractivity contribution >= 4 is 33.6 Å². The quantitative estimate of drug-likeness (QED) is 0.649. The highest BCUT2D eigenvalue weighted by atomic mass is 32.2. The molecule has 0 saturated carbocycles. The summed E-state index contributed by atoms with van der Waals surface area (Å²) in [7, 11) is -3.80. The molecule has 0 atom stereocenters. The lowest BCUT2D eigenvalue weighted by molar-refractivity contribution is 0.0656. The van der Waals surface area contributed by atoms with Crippen LogP contribution in [0.2, 0.25) is 0 Å². The number of nitrogens with one attached hydrogen (secondary N) is 2. The van der Waals surface area contributed by atoms with Crippen LogP contribution in [0.15, 0.2) is 53.4 Å². The van der Waals surface area contributed by atoms with Crippen LogP contribution in [0.1, 0.15) is 20.7 Å². The van der Waals surface area contributed by atoms with Gasteiger partial charge in [-0.3, -0.25) is 14.5 Å². The molecule has 2 aromatic carbocycles. The highest BCUT2D eigenvalue weighted by Crippen LogP contribution is 2.21. The number of fused-ring (bicyclic) bond motifs is 1. The zero-order valence-electron chi connectivity index (χ0n) is 14.0. The molecule has 27 heavy (non-hydrogen) atoms. The van der Waals surface area contributed by atoms with E-state index in [0.717, 1.165) is 4.90 Å². The summed E-state index contributed by atoms with van der Waals surface area (Å²) in [6, 6.07) is 11.3. The lowest BCUT2D eigenvalue weighted by Gasteiger charge is -2.14. The van der Waals surface area contributed by atoms with Gasteiger partial charge in [-0.15, -0.1) is 0 Å². The highest BCUT2D eigenvalue weighted by molar-refractivity contribution is 7.89. The van der Waals surface area contributed by atoms with Crippen LogP contribution in [0.4, 0.5) is 10.5 Å². The van der Waals surface area contributed by atoms with E-state index < -0.39 is 27.9 Å². The molecule has 3 rings (SSSR count). The fraction of sp³-hybridized carbons (Fsp3) is 0.118. The molecular weight excluding hydrogens is 372 g/mol. The van der Waals surface area contributed by atoms with E-state index in [4.69, 9.17) is 5.14 Å². The van der Waals surface area contributed by atoms with E-state index in [1.807, 2.05) is 0 Å². The summed E-state index contributed by atoms with van der Waals surface area (Å²) >= 11 is 0. The maximum absolute atomic E-state index is 12.2. The van der Waals surface area contributed by atoms with Gasteiger partial charge in [0.15, 0.2) is 0 Å². The van der Waals surface area contributed by atoms with Gasteiger partial charge >= 0.3 is 6.03 Å². The monoisotopic (exact) mass is 388 g/mol. The number of benzene rings is 2. The second-order valence-electron chi connectivity index (χ2n) is 5.76. The Kier molecular flexibility index (Phi) is 4.93. The average molecular weight is 388 g/mol. The third kappa shape index (κ3) is 3.96. The molecule has 0 aromatic heterocycles. The number of carbonyl (C=O) groups is 3. The summed E-state index contributed by atoms with van der Waals surface area (Å²) in [5, 5.41) is 10.0. The number of hydrogen-bond donors (Lipinski definition) is 3. The van der Waals surface area contributed by atoms with Crippen LogP contribution in [-0.4, -0.2) is 44.3 Å². The Morgan fingerprint density at radius 2 is 1.52 bits per heavy atom. The zero-order chi connectivity index (χ0) is 19.6. The predicted molar refractivity (Wildman–Crippen MR) is 96.6 cm³/mol. The maximum Gasteiger partial charge on any atom is 0.319 e. The molecular formula is C17H16N4O5S. The van der Waals surface area contributed by atoms with Gasteiger partial charge in [0.25, 0.3) is 11.8 Å². The molecule has 0 bridgehead atoms. The summed E-state index contributed by atoms with van der Waals surface area (Å²) in [4.78, 5) is 37.3. The summed E-state index contributed by atoms with van der Waals surface area (Å²) in [6.07, 6.45) is 0. The summed E-state index contributed by atoms with van der Waals surface area (Å²) in [5.74, 6) is -0.784. The Morgan fingerprint density at radius 3 is 2.04 bits per heavy atom. The largest absolute Gasteiger partial charge is 0.336 e. The Balaban J connectivity index is 1.52. The molecule has 0 aliphatic carbocycles. The Labute approximate surface area is 155 Å². The molecule has 10 heteroatoms. The third-order valence-electron chi connectivity index (χ3n) is 3.94. The van der Waals surface area contributed by atoms with Crippen molar-refractivity contribution in [3.63, 3.8) is 0 Å². The second kappa shape index (κ2) is 7.17. The maximum atomic E-state index is 12.2. The molecule has 4 N–H and O–H groups in total. The molecule has 0 unspecified atom stereocenters. The van der Waals surface area contributed by atoms with Gasteiger partial charge in [-0.25, -0.2) is 18.4 Å². The molecule has 2 aromatic rings. The molecule has 1 aliphatic heterocycles. The number of hydrogen-bond acceptors (Lipinski definition) is 5. The van der Waals surface area contributed by atoms with E-state index in [1.165, 1.54) is 24.3 Å². The van der Waals surface area contributed by atoms with Gasteiger partial charge < -0.3 is 10.6 Å². The van der Waals surface area contributed by atoms with E-state index in [2.05, 4.69) is 10.6 Å². The van der Waals surface area contributed by atoms with Crippen molar-refractivity contribution < 1.29 is 22.8 Å². The number of amides is 4. The Hall–Kier alpha value is -3.24. The van der Waals surface area contributed by atoms with Crippen LogP contribution >= 0.6 is 0 Å². The second-order valence-corrected chi connectivity index (χ2v) is 7.32. The number of nitrogens with zero attached hydrogens (tertiary/aromatic N) is 1. The molecule has 140 valence electrons. The first-order chi connectivity index (χ1) is 12.8. The van der Waals surface area contributed by atoms with Crippen LogP contribution in [0.25, 0.3) is 0 Å². The summed E-state index contributed by atoms with van der Waals surface area (Å²) in [6.45, 7) is 0.0939. The minimum Gasteiger partial charge on any atom is -0.336 e. The van der Waals surface area contributed by atoms with Gasteiger partial charge in [-0.05, 0) is 36.4 Å². The molecule has 0 radical (unpaired) electrons. The van der Waals surface area contributed by atoms with Gasteiger partial charge in [0.1, 0.15) is 0 Å². The molecule has 9 nitrogen and oxygen atoms in total. The zero-order valence-corrected chi connectivity index (χ0v) is 14.8. The number of primary sulfonamides is 1. The van der Waals surface area contributed by atoms with Crippen LogP contribution in [0.5, 0.6) is 0 Å². The number of carbonyl (C=O) groups excluding carboxylic acids is 3. The number of rotatable bonds is 5. The predicted octanol–water partition coefficient (Wildman–Crippen LogP) is 0.752. The van der Waals surface area contributed by atoms with Crippen molar-refractivity contribution in [1.82, 2.24) is 10.2 Å². The standard InChI is InChI=1S/C17H16N4O5S/c18-27(25,26)12-7-5-11(6-8-12)20-17(24)19-9-10-21-15(22)13-3-1-2-4-14(13)16(21)23/h1-8H,9-10H2,(H2,18,25,26)(H2,19,20,24). The lowest BCUT2D eigenvalue weighted by Crippen LogP contribution is -2.39. The molecule has 0 saturated heterocycles. The van der Waals surface area contributed by atoms with Crippen molar-refractivity contribution in [1.29, 1.82) is 0 Å². The van der Waals surface area contributed by atoms with Gasteiger partial charge in [-0.1, -0.05) is 12.1 Å².